The maximum atomic E-state index is 12.4. The van der Waals surface area contributed by atoms with Crippen molar-refractivity contribution in [2.24, 2.45) is 0 Å². The maximum Gasteiger partial charge on any atom is 0.321 e. The van der Waals surface area contributed by atoms with Gasteiger partial charge >= 0.3 is 6.03 Å². The minimum absolute atomic E-state index is 0.120. The fourth-order valence-electron chi connectivity index (χ4n) is 3.29. The molecule has 1 saturated heterocycles. The van der Waals surface area contributed by atoms with Crippen molar-refractivity contribution in [3.05, 3.63) is 84.2 Å². The second-order valence-corrected chi connectivity index (χ2v) is 7.21. The SMILES string of the molecule is C[C@H](NC(=O)c1ncccn1)c1ccc(NC(=O)N2CC(c3cccnc3)C2)cc1. The number of likely N-dealkylation sites (tertiary alicyclic amines) is 1. The van der Waals surface area contributed by atoms with Gasteiger partial charge in [-0.3, -0.25) is 9.78 Å². The number of hydrogen-bond donors (Lipinski definition) is 2. The first-order valence-corrected chi connectivity index (χ1v) is 9.74. The second kappa shape index (κ2) is 8.69. The molecule has 3 aromatic rings. The van der Waals surface area contributed by atoms with E-state index in [1.807, 2.05) is 49.5 Å². The number of aromatic nitrogens is 3. The number of amides is 3. The summed E-state index contributed by atoms with van der Waals surface area (Å²) >= 11 is 0. The van der Waals surface area contributed by atoms with Gasteiger partial charge in [0.1, 0.15) is 0 Å². The summed E-state index contributed by atoms with van der Waals surface area (Å²) < 4.78 is 0. The van der Waals surface area contributed by atoms with E-state index in [2.05, 4.69) is 25.6 Å². The fraction of sp³-hybridized carbons (Fsp3) is 0.227. The molecular formula is C22H22N6O2. The average molecular weight is 402 g/mol. The number of rotatable bonds is 5. The molecule has 0 unspecified atom stereocenters. The van der Waals surface area contributed by atoms with E-state index in [0.717, 1.165) is 11.1 Å². The highest BCUT2D eigenvalue weighted by Gasteiger charge is 2.31. The van der Waals surface area contributed by atoms with Crippen LogP contribution in [0.5, 0.6) is 0 Å². The Labute approximate surface area is 174 Å². The van der Waals surface area contributed by atoms with E-state index < -0.39 is 0 Å². The van der Waals surface area contributed by atoms with Gasteiger partial charge < -0.3 is 15.5 Å². The van der Waals surface area contributed by atoms with Crippen LogP contribution in [0.2, 0.25) is 0 Å². The topological polar surface area (TPSA) is 100 Å². The lowest BCUT2D eigenvalue weighted by Crippen LogP contribution is -2.50. The van der Waals surface area contributed by atoms with Crippen molar-refractivity contribution < 1.29 is 9.59 Å². The monoisotopic (exact) mass is 402 g/mol. The molecule has 3 amide bonds. The molecule has 0 aliphatic carbocycles. The molecule has 1 aliphatic rings. The fourth-order valence-corrected chi connectivity index (χ4v) is 3.29. The molecule has 0 spiro atoms. The number of urea groups is 1. The Morgan fingerprint density at radius 2 is 1.77 bits per heavy atom. The number of carbonyl (C=O) groups is 2. The van der Waals surface area contributed by atoms with Crippen LogP contribution in [-0.4, -0.2) is 44.9 Å². The Kier molecular flexibility index (Phi) is 5.65. The van der Waals surface area contributed by atoms with Crippen molar-refractivity contribution in [1.29, 1.82) is 0 Å². The Balaban J connectivity index is 1.28. The molecule has 0 bridgehead atoms. The number of hydrogen-bond acceptors (Lipinski definition) is 5. The van der Waals surface area contributed by atoms with Crippen molar-refractivity contribution in [3.8, 4) is 0 Å². The van der Waals surface area contributed by atoms with Gasteiger partial charge in [0.2, 0.25) is 5.82 Å². The number of pyridine rings is 1. The number of nitrogens with one attached hydrogen (secondary N) is 2. The third-order valence-corrected chi connectivity index (χ3v) is 5.10. The van der Waals surface area contributed by atoms with Crippen LogP contribution < -0.4 is 10.6 Å². The van der Waals surface area contributed by atoms with Crippen LogP contribution in [0.4, 0.5) is 10.5 Å². The van der Waals surface area contributed by atoms with Gasteiger partial charge in [-0.15, -0.1) is 0 Å². The summed E-state index contributed by atoms with van der Waals surface area (Å²) in [5.74, 6) is 0.138. The van der Waals surface area contributed by atoms with Crippen LogP contribution in [0.3, 0.4) is 0 Å². The first-order valence-electron chi connectivity index (χ1n) is 9.74. The van der Waals surface area contributed by atoms with Gasteiger partial charge in [0, 0.05) is 49.5 Å². The van der Waals surface area contributed by atoms with Crippen molar-refractivity contribution >= 4 is 17.6 Å². The van der Waals surface area contributed by atoms with E-state index in [0.29, 0.717) is 24.7 Å². The first-order chi connectivity index (χ1) is 14.6. The van der Waals surface area contributed by atoms with E-state index in [-0.39, 0.29) is 23.8 Å². The molecule has 0 radical (unpaired) electrons. The summed E-state index contributed by atoms with van der Waals surface area (Å²) in [5, 5.41) is 5.78. The molecule has 8 nitrogen and oxygen atoms in total. The Bertz CT molecular complexity index is 1000. The summed E-state index contributed by atoms with van der Waals surface area (Å²) in [5.41, 5.74) is 2.78. The van der Waals surface area contributed by atoms with Crippen molar-refractivity contribution in [1.82, 2.24) is 25.2 Å². The zero-order chi connectivity index (χ0) is 20.9. The molecule has 30 heavy (non-hydrogen) atoms. The van der Waals surface area contributed by atoms with Gasteiger partial charge in [0.15, 0.2) is 0 Å². The smallest absolute Gasteiger partial charge is 0.321 e. The lowest BCUT2D eigenvalue weighted by atomic mass is 9.93. The molecule has 1 fully saturated rings. The van der Waals surface area contributed by atoms with Crippen LogP contribution in [0.1, 0.15) is 40.6 Å². The maximum absolute atomic E-state index is 12.4. The van der Waals surface area contributed by atoms with Crippen LogP contribution in [0, 0.1) is 0 Å². The van der Waals surface area contributed by atoms with Crippen LogP contribution in [0.25, 0.3) is 0 Å². The highest BCUT2D eigenvalue weighted by atomic mass is 16.2. The molecule has 1 aromatic carbocycles. The average Bonchev–Trinajstić information content (AvgIpc) is 2.74. The summed E-state index contributed by atoms with van der Waals surface area (Å²) in [6.07, 6.45) is 6.66. The minimum atomic E-state index is -0.332. The summed E-state index contributed by atoms with van der Waals surface area (Å²) in [6.45, 7) is 3.24. The van der Waals surface area contributed by atoms with E-state index in [9.17, 15) is 9.59 Å². The number of carbonyl (C=O) groups excluding carboxylic acids is 2. The van der Waals surface area contributed by atoms with E-state index in [1.165, 1.54) is 12.4 Å². The minimum Gasteiger partial charge on any atom is -0.343 e. The summed E-state index contributed by atoms with van der Waals surface area (Å²) in [4.78, 5) is 38.4. The summed E-state index contributed by atoms with van der Waals surface area (Å²) in [6, 6.07) is 12.7. The molecule has 4 rings (SSSR count). The molecule has 3 heterocycles. The normalized spacial score (nSPS) is 14.5. The predicted octanol–water partition coefficient (Wildman–Crippen LogP) is 2.99. The molecular weight excluding hydrogens is 380 g/mol. The molecule has 2 aromatic heterocycles. The third kappa shape index (κ3) is 4.43. The zero-order valence-electron chi connectivity index (χ0n) is 16.5. The first kappa shape index (κ1) is 19.5. The van der Waals surface area contributed by atoms with Crippen molar-refractivity contribution in [3.63, 3.8) is 0 Å². The van der Waals surface area contributed by atoms with E-state index in [1.54, 1.807) is 17.2 Å². The van der Waals surface area contributed by atoms with Gasteiger partial charge in [0.25, 0.3) is 5.91 Å². The summed E-state index contributed by atoms with van der Waals surface area (Å²) in [7, 11) is 0. The number of nitrogens with zero attached hydrogens (tertiary/aromatic N) is 4. The molecule has 0 saturated carbocycles. The molecule has 152 valence electrons. The largest absolute Gasteiger partial charge is 0.343 e. The standard InChI is InChI=1S/C22H22N6O2/c1-15(26-21(29)20-24-10-3-11-25-20)16-5-7-19(8-6-16)27-22(30)28-13-18(14-28)17-4-2-9-23-12-17/h2-12,15,18H,13-14H2,1H3,(H,26,29)(H,27,30)/t15-/m0/s1. The van der Waals surface area contributed by atoms with Crippen molar-refractivity contribution in [2.45, 2.75) is 18.9 Å². The van der Waals surface area contributed by atoms with Gasteiger partial charge in [-0.25, -0.2) is 14.8 Å². The van der Waals surface area contributed by atoms with E-state index >= 15 is 0 Å². The predicted molar refractivity (Wildman–Crippen MR) is 112 cm³/mol. The third-order valence-electron chi connectivity index (χ3n) is 5.10. The van der Waals surface area contributed by atoms with Gasteiger partial charge in [-0.2, -0.15) is 0 Å². The molecule has 1 atom stereocenters. The number of benzene rings is 1. The second-order valence-electron chi connectivity index (χ2n) is 7.21. The highest BCUT2D eigenvalue weighted by Crippen LogP contribution is 2.27. The van der Waals surface area contributed by atoms with Crippen LogP contribution >= 0.6 is 0 Å². The van der Waals surface area contributed by atoms with Crippen LogP contribution in [0.15, 0.2) is 67.3 Å². The Morgan fingerprint density at radius 1 is 1.03 bits per heavy atom. The Morgan fingerprint density at radius 3 is 2.43 bits per heavy atom. The highest BCUT2D eigenvalue weighted by molar-refractivity contribution is 5.91. The van der Waals surface area contributed by atoms with Gasteiger partial charge in [-0.05, 0) is 42.3 Å². The zero-order valence-corrected chi connectivity index (χ0v) is 16.5. The van der Waals surface area contributed by atoms with E-state index in [4.69, 9.17) is 0 Å². The Hall–Kier alpha value is -3.81. The van der Waals surface area contributed by atoms with Gasteiger partial charge in [0.05, 0.1) is 6.04 Å². The van der Waals surface area contributed by atoms with Gasteiger partial charge in [-0.1, -0.05) is 18.2 Å². The van der Waals surface area contributed by atoms with Crippen LogP contribution in [-0.2, 0) is 0 Å². The molecule has 2 N–H and O–H groups in total. The molecule has 8 heteroatoms. The molecule has 1 aliphatic heterocycles. The van der Waals surface area contributed by atoms with Crippen molar-refractivity contribution in [2.75, 3.05) is 18.4 Å². The quantitative estimate of drug-likeness (QED) is 0.683. The lowest BCUT2D eigenvalue weighted by molar-refractivity contribution is 0.0929. The lowest BCUT2D eigenvalue weighted by Gasteiger charge is -2.39. The number of anilines is 1.